The molecule has 2 rings (SSSR count). The fourth-order valence-electron chi connectivity index (χ4n) is 2.25. The third-order valence-corrected chi connectivity index (χ3v) is 5.79. The van der Waals surface area contributed by atoms with Gasteiger partial charge in [-0.05, 0) is 12.8 Å². The van der Waals surface area contributed by atoms with Gasteiger partial charge >= 0.3 is 0 Å². The zero-order valence-electron chi connectivity index (χ0n) is 12.7. The maximum atomic E-state index is 11.8. The predicted octanol–water partition coefficient (Wildman–Crippen LogP) is 1.05. The molecule has 0 saturated carbocycles. The van der Waals surface area contributed by atoms with E-state index in [0.29, 0.717) is 30.4 Å². The van der Waals surface area contributed by atoms with E-state index in [1.807, 2.05) is 20.8 Å². The van der Waals surface area contributed by atoms with Gasteiger partial charge in [0, 0.05) is 18.0 Å². The molecule has 0 amide bonds. The highest BCUT2D eigenvalue weighted by Gasteiger charge is 2.31. The zero-order chi connectivity index (χ0) is 15.7. The van der Waals surface area contributed by atoms with E-state index < -0.39 is 9.84 Å². The predicted molar refractivity (Wildman–Crippen MR) is 83.8 cm³/mol. The van der Waals surface area contributed by atoms with Crippen molar-refractivity contribution in [2.45, 2.75) is 44.3 Å². The van der Waals surface area contributed by atoms with Crippen molar-refractivity contribution in [3.63, 3.8) is 0 Å². The summed E-state index contributed by atoms with van der Waals surface area (Å²) in [5.41, 5.74) is 2.30. The lowest BCUT2D eigenvalue weighted by Gasteiger charge is -2.19. The van der Waals surface area contributed by atoms with Crippen molar-refractivity contribution in [1.82, 2.24) is 9.97 Å². The van der Waals surface area contributed by atoms with Crippen LogP contribution < -0.4 is 16.6 Å². The minimum atomic E-state index is -2.96. The Balaban J connectivity index is 2.16. The van der Waals surface area contributed by atoms with Crippen LogP contribution in [0.5, 0.6) is 0 Å². The maximum absolute atomic E-state index is 11.8. The third kappa shape index (κ3) is 3.82. The van der Waals surface area contributed by atoms with Gasteiger partial charge in [-0.15, -0.1) is 0 Å². The standard InChI is InChI=1S/C13H23N5O2S/c1-13(2,3)12-16-10(7-11(17-12)18-14)15-8-9-5-4-6-21(9,19)20/h7,9H,4-6,8,14H2,1-3H3,(H2,15,16,17,18). The average Bonchev–Trinajstić information content (AvgIpc) is 2.74. The second-order valence-electron chi connectivity index (χ2n) is 6.37. The maximum Gasteiger partial charge on any atom is 0.154 e. The molecular weight excluding hydrogens is 290 g/mol. The molecule has 7 nitrogen and oxygen atoms in total. The van der Waals surface area contributed by atoms with E-state index in [1.54, 1.807) is 6.07 Å². The van der Waals surface area contributed by atoms with Gasteiger partial charge in [0.2, 0.25) is 0 Å². The summed E-state index contributed by atoms with van der Waals surface area (Å²) in [6.45, 7) is 6.39. The average molecular weight is 313 g/mol. The van der Waals surface area contributed by atoms with Crippen LogP contribution in [-0.2, 0) is 15.3 Å². The van der Waals surface area contributed by atoms with Gasteiger partial charge in [-0.3, -0.25) is 0 Å². The first-order valence-electron chi connectivity index (χ1n) is 7.04. The monoisotopic (exact) mass is 313 g/mol. The Hall–Kier alpha value is -1.41. The summed E-state index contributed by atoms with van der Waals surface area (Å²) in [4.78, 5) is 8.77. The molecule has 1 unspecified atom stereocenters. The Morgan fingerprint density at radius 2 is 2.00 bits per heavy atom. The van der Waals surface area contributed by atoms with Gasteiger partial charge in [0.05, 0.1) is 11.0 Å². The highest BCUT2D eigenvalue weighted by Crippen LogP contribution is 2.23. The summed E-state index contributed by atoms with van der Waals surface area (Å²) in [6.07, 6.45) is 1.44. The molecule has 0 radical (unpaired) electrons. The minimum Gasteiger partial charge on any atom is -0.369 e. The number of nitrogens with two attached hydrogens (primary N) is 1. The van der Waals surface area contributed by atoms with E-state index in [2.05, 4.69) is 20.7 Å². The number of nitrogens with one attached hydrogen (secondary N) is 2. The number of rotatable bonds is 4. The van der Waals surface area contributed by atoms with Crippen LogP contribution in [0, 0.1) is 0 Å². The first-order chi connectivity index (χ1) is 9.72. The molecule has 1 aromatic rings. The molecule has 0 spiro atoms. The van der Waals surface area contributed by atoms with E-state index >= 15 is 0 Å². The van der Waals surface area contributed by atoms with Gasteiger partial charge in [0.25, 0.3) is 0 Å². The number of sulfone groups is 1. The lowest BCUT2D eigenvalue weighted by atomic mass is 9.96. The molecule has 0 aliphatic carbocycles. The lowest BCUT2D eigenvalue weighted by Crippen LogP contribution is -2.26. The molecule has 1 saturated heterocycles. The van der Waals surface area contributed by atoms with E-state index in [1.165, 1.54) is 0 Å². The molecule has 2 heterocycles. The van der Waals surface area contributed by atoms with Gasteiger partial charge in [-0.25, -0.2) is 24.2 Å². The highest BCUT2D eigenvalue weighted by molar-refractivity contribution is 7.92. The van der Waals surface area contributed by atoms with Crippen molar-refractivity contribution in [2.24, 2.45) is 5.84 Å². The second kappa shape index (κ2) is 5.76. The van der Waals surface area contributed by atoms with Crippen molar-refractivity contribution < 1.29 is 8.42 Å². The number of hydrazine groups is 1. The Kier molecular flexibility index (Phi) is 4.38. The van der Waals surface area contributed by atoms with Crippen molar-refractivity contribution in [2.75, 3.05) is 23.0 Å². The van der Waals surface area contributed by atoms with Gasteiger partial charge < -0.3 is 10.7 Å². The van der Waals surface area contributed by atoms with Gasteiger partial charge in [-0.1, -0.05) is 20.8 Å². The van der Waals surface area contributed by atoms with E-state index in [-0.39, 0.29) is 16.4 Å². The summed E-state index contributed by atoms with van der Waals surface area (Å²) in [5, 5.41) is 2.77. The van der Waals surface area contributed by atoms with E-state index in [4.69, 9.17) is 5.84 Å². The Morgan fingerprint density at radius 3 is 2.52 bits per heavy atom. The fourth-order valence-corrected chi connectivity index (χ4v) is 4.02. The number of nitrogens with zero attached hydrogens (tertiary/aromatic N) is 2. The molecule has 1 atom stereocenters. The Labute approximate surface area is 125 Å². The first kappa shape index (κ1) is 16.0. The van der Waals surface area contributed by atoms with Gasteiger partial charge in [0.15, 0.2) is 9.84 Å². The summed E-state index contributed by atoms with van der Waals surface area (Å²) >= 11 is 0. The number of aromatic nitrogens is 2. The molecule has 0 bridgehead atoms. The van der Waals surface area contributed by atoms with E-state index in [0.717, 1.165) is 6.42 Å². The van der Waals surface area contributed by atoms with Crippen LogP contribution >= 0.6 is 0 Å². The summed E-state index contributed by atoms with van der Waals surface area (Å²) in [7, 11) is -2.96. The van der Waals surface area contributed by atoms with Crippen LogP contribution in [0.1, 0.15) is 39.4 Å². The topological polar surface area (TPSA) is 110 Å². The quantitative estimate of drug-likeness (QED) is 0.563. The molecule has 1 aliphatic heterocycles. The number of hydrogen-bond donors (Lipinski definition) is 3. The minimum absolute atomic E-state index is 0.220. The molecule has 0 aromatic carbocycles. The van der Waals surface area contributed by atoms with Crippen molar-refractivity contribution >= 4 is 21.5 Å². The van der Waals surface area contributed by atoms with Crippen molar-refractivity contribution in [3.05, 3.63) is 11.9 Å². The molecule has 1 aromatic heterocycles. The smallest absolute Gasteiger partial charge is 0.154 e. The molecule has 8 heteroatoms. The Bertz CT molecular complexity index is 609. The van der Waals surface area contributed by atoms with Crippen LogP contribution in [0.15, 0.2) is 6.07 Å². The molecule has 118 valence electrons. The highest BCUT2D eigenvalue weighted by atomic mass is 32.2. The first-order valence-corrected chi connectivity index (χ1v) is 8.75. The van der Waals surface area contributed by atoms with Crippen LogP contribution in [-0.4, -0.2) is 35.9 Å². The van der Waals surface area contributed by atoms with Crippen LogP contribution in [0.4, 0.5) is 11.6 Å². The zero-order valence-corrected chi connectivity index (χ0v) is 13.5. The van der Waals surface area contributed by atoms with E-state index in [9.17, 15) is 8.42 Å². The van der Waals surface area contributed by atoms with Gasteiger partial charge in [-0.2, -0.15) is 0 Å². The molecule has 1 aliphatic rings. The molecular formula is C13H23N5O2S. The molecule has 1 fully saturated rings. The molecule has 21 heavy (non-hydrogen) atoms. The van der Waals surface area contributed by atoms with Crippen LogP contribution in [0.2, 0.25) is 0 Å². The van der Waals surface area contributed by atoms with Crippen LogP contribution in [0.3, 0.4) is 0 Å². The normalized spacial score (nSPS) is 21.2. The number of anilines is 2. The van der Waals surface area contributed by atoms with Crippen LogP contribution in [0.25, 0.3) is 0 Å². The number of hydrogen-bond acceptors (Lipinski definition) is 7. The number of nitrogen functional groups attached to an aromatic ring is 1. The fraction of sp³-hybridized carbons (Fsp3) is 0.692. The second-order valence-corrected chi connectivity index (χ2v) is 8.77. The largest absolute Gasteiger partial charge is 0.369 e. The summed E-state index contributed by atoms with van der Waals surface area (Å²) in [5.74, 6) is 7.45. The van der Waals surface area contributed by atoms with Crippen molar-refractivity contribution in [3.8, 4) is 0 Å². The van der Waals surface area contributed by atoms with Gasteiger partial charge in [0.1, 0.15) is 17.5 Å². The molecule has 4 N–H and O–H groups in total. The van der Waals surface area contributed by atoms with Crippen molar-refractivity contribution in [1.29, 1.82) is 0 Å². The third-order valence-electron chi connectivity index (χ3n) is 3.52. The SMILES string of the molecule is CC(C)(C)c1nc(NN)cc(NCC2CCCS2(=O)=O)n1. The summed E-state index contributed by atoms with van der Waals surface area (Å²) < 4.78 is 23.7. The Morgan fingerprint density at radius 1 is 1.33 bits per heavy atom. The summed E-state index contributed by atoms with van der Waals surface area (Å²) in [6, 6.07) is 1.68. The lowest BCUT2D eigenvalue weighted by molar-refractivity contribution is 0.546.